The zero-order valence-electron chi connectivity index (χ0n) is 14.0. The van der Waals surface area contributed by atoms with Gasteiger partial charge in [0.25, 0.3) is 0 Å². The number of hydrogen-bond donors (Lipinski definition) is 0. The van der Waals surface area contributed by atoms with Gasteiger partial charge in [-0.3, -0.25) is 4.90 Å². The normalized spacial score (nSPS) is 18.5. The van der Waals surface area contributed by atoms with Crippen molar-refractivity contribution in [3.05, 3.63) is 59.3 Å². The standard InChI is InChI=1S/C19H21N3O2S/c1-2-6-15(7-3-1)14-23-16-8-4-10-22(12-16)13-18-20-19(21-24-18)17-9-5-11-25-17/h1-3,5-7,9,11,16H,4,8,10,12-14H2/t16-/m1/s1. The molecule has 0 saturated carbocycles. The maximum absolute atomic E-state index is 6.09. The van der Waals surface area contributed by atoms with Gasteiger partial charge in [-0.2, -0.15) is 4.98 Å². The first-order chi connectivity index (χ1) is 12.4. The molecule has 0 amide bonds. The summed E-state index contributed by atoms with van der Waals surface area (Å²) in [6.45, 7) is 3.30. The second-order valence-electron chi connectivity index (χ2n) is 6.28. The monoisotopic (exact) mass is 355 g/mol. The Morgan fingerprint density at radius 1 is 1.20 bits per heavy atom. The lowest BCUT2D eigenvalue weighted by atomic mass is 10.1. The van der Waals surface area contributed by atoms with E-state index in [1.165, 1.54) is 5.56 Å². The number of rotatable bonds is 6. The van der Waals surface area contributed by atoms with E-state index < -0.39 is 0 Å². The summed E-state index contributed by atoms with van der Waals surface area (Å²) in [7, 11) is 0. The highest BCUT2D eigenvalue weighted by atomic mass is 32.1. The molecule has 5 nitrogen and oxygen atoms in total. The Kier molecular flexibility index (Phi) is 5.20. The van der Waals surface area contributed by atoms with Crippen molar-refractivity contribution in [2.24, 2.45) is 0 Å². The molecule has 1 atom stereocenters. The highest BCUT2D eigenvalue weighted by Crippen LogP contribution is 2.22. The number of aromatic nitrogens is 2. The van der Waals surface area contributed by atoms with Gasteiger partial charge in [-0.1, -0.05) is 41.6 Å². The van der Waals surface area contributed by atoms with Crippen molar-refractivity contribution in [3.63, 3.8) is 0 Å². The van der Waals surface area contributed by atoms with Crippen LogP contribution in [0, 0.1) is 0 Å². The van der Waals surface area contributed by atoms with E-state index in [1.54, 1.807) is 11.3 Å². The fourth-order valence-electron chi connectivity index (χ4n) is 3.10. The van der Waals surface area contributed by atoms with Crippen LogP contribution in [-0.4, -0.2) is 34.2 Å². The Bertz CT molecular complexity index is 773. The number of ether oxygens (including phenoxy) is 1. The average molecular weight is 355 g/mol. The highest BCUT2D eigenvalue weighted by Gasteiger charge is 2.22. The van der Waals surface area contributed by atoms with Gasteiger partial charge >= 0.3 is 0 Å². The van der Waals surface area contributed by atoms with Gasteiger partial charge in [-0.05, 0) is 36.4 Å². The lowest BCUT2D eigenvalue weighted by Crippen LogP contribution is -2.39. The topological polar surface area (TPSA) is 51.4 Å². The molecule has 0 bridgehead atoms. The van der Waals surface area contributed by atoms with Crippen molar-refractivity contribution in [2.75, 3.05) is 13.1 Å². The van der Waals surface area contributed by atoms with Gasteiger partial charge in [0, 0.05) is 6.54 Å². The van der Waals surface area contributed by atoms with E-state index in [-0.39, 0.29) is 6.10 Å². The molecule has 6 heteroatoms. The lowest BCUT2D eigenvalue weighted by molar-refractivity contribution is -0.0141. The van der Waals surface area contributed by atoms with Crippen molar-refractivity contribution in [1.29, 1.82) is 0 Å². The molecule has 1 aromatic carbocycles. The minimum absolute atomic E-state index is 0.258. The molecule has 2 aromatic heterocycles. The largest absolute Gasteiger partial charge is 0.372 e. The van der Waals surface area contributed by atoms with E-state index in [2.05, 4.69) is 27.2 Å². The summed E-state index contributed by atoms with van der Waals surface area (Å²) in [5.41, 5.74) is 1.22. The van der Waals surface area contributed by atoms with Crippen LogP contribution >= 0.6 is 11.3 Å². The van der Waals surface area contributed by atoms with Crippen LogP contribution in [0.2, 0.25) is 0 Å². The number of piperidine rings is 1. The first kappa shape index (κ1) is 16.4. The summed E-state index contributed by atoms with van der Waals surface area (Å²) in [4.78, 5) is 7.89. The molecule has 4 rings (SSSR count). The molecular formula is C19H21N3O2S. The van der Waals surface area contributed by atoms with Crippen LogP contribution in [0.3, 0.4) is 0 Å². The van der Waals surface area contributed by atoms with Crippen molar-refractivity contribution in [2.45, 2.75) is 32.1 Å². The molecule has 0 N–H and O–H groups in total. The summed E-state index contributed by atoms with van der Waals surface area (Å²) in [5.74, 6) is 1.35. The van der Waals surface area contributed by atoms with Gasteiger partial charge in [0.15, 0.2) is 0 Å². The van der Waals surface area contributed by atoms with Crippen molar-refractivity contribution >= 4 is 11.3 Å². The van der Waals surface area contributed by atoms with E-state index in [9.17, 15) is 0 Å². The van der Waals surface area contributed by atoms with Crippen LogP contribution in [0.15, 0.2) is 52.4 Å². The molecule has 1 aliphatic heterocycles. The van der Waals surface area contributed by atoms with Gasteiger partial charge in [-0.15, -0.1) is 11.3 Å². The smallest absolute Gasteiger partial charge is 0.241 e. The Balaban J connectivity index is 1.31. The van der Waals surface area contributed by atoms with Crippen molar-refractivity contribution in [1.82, 2.24) is 15.0 Å². The molecule has 3 heterocycles. The maximum atomic E-state index is 6.09. The minimum Gasteiger partial charge on any atom is -0.372 e. The van der Waals surface area contributed by atoms with E-state index in [0.717, 1.165) is 30.8 Å². The van der Waals surface area contributed by atoms with Gasteiger partial charge in [-0.25, -0.2) is 0 Å². The lowest BCUT2D eigenvalue weighted by Gasteiger charge is -2.31. The van der Waals surface area contributed by atoms with Crippen LogP contribution in [0.25, 0.3) is 10.7 Å². The molecule has 0 unspecified atom stereocenters. The summed E-state index contributed by atoms with van der Waals surface area (Å²) in [5, 5.41) is 6.10. The zero-order valence-corrected chi connectivity index (χ0v) is 14.8. The summed E-state index contributed by atoms with van der Waals surface area (Å²) in [6.07, 6.45) is 2.49. The first-order valence-electron chi connectivity index (χ1n) is 8.61. The fraction of sp³-hybridized carbons (Fsp3) is 0.368. The molecule has 0 radical (unpaired) electrons. The third-order valence-electron chi connectivity index (χ3n) is 4.36. The second-order valence-corrected chi connectivity index (χ2v) is 7.23. The number of thiophene rings is 1. The Hall–Kier alpha value is -2.02. The first-order valence-corrected chi connectivity index (χ1v) is 9.49. The SMILES string of the molecule is c1ccc(CO[C@@H]2CCCN(Cc3nc(-c4cccs4)no3)C2)cc1. The van der Waals surface area contributed by atoms with Crippen LogP contribution in [0.5, 0.6) is 0 Å². The predicted octanol–water partition coefficient (Wildman–Crippen LogP) is 3.98. The summed E-state index contributed by atoms with van der Waals surface area (Å²) in [6, 6.07) is 14.3. The molecule has 1 aliphatic rings. The van der Waals surface area contributed by atoms with Crippen LogP contribution in [0.1, 0.15) is 24.3 Å². The molecule has 0 spiro atoms. The van der Waals surface area contributed by atoms with Crippen LogP contribution < -0.4 is 0 Å². The molecule has 25 heavy (non-hydrogen) atoms. The number of likely N-dealkylation sites (tertiary alicyclic amines) is 1. The Morgan fingerprint density at radius 2 is 2.12 bits per heavy atom. The van der Waals surface area contributed by atoms with E-state index in [1.807, 2.05) is 35.7 Å². The van der Waals surface area contributed by atoms with Crippen LogP contribution in [0.4, 0.5) is 0 Å². The summed E-state index contributed by atoms with van der Waals surface area (Å²) < 4.78 is 11.5. The molecular weight excluding hydrogens is 334 g/mol. The predicted molar refractivity (Wildman–Crippen MR) is 97.1 cm³/mol. The quantitative estimate of drug-likeness (QED) is 0.669. The molecule has 3 aromatic rings. The van der Waals surface area contributed by atoms with E-state index in [4.69, 9.17) is 9.26 Å². The summed E-state index contributed by atoms with van der Waals surface area (Å²) >= 11 is 1.62. The zero-order chi connectivity index (χ0) is 16.9. The number of benzene rings is 1. The van der Waals surface area contributed by atoms with Gasteiger partial charge in [0.05, 0.1) is 24.1 Å². The highest BCUT2D eigenvalue weighted by molar-refractivity contribution is 7.13. The van der Waals surface area contributed by atoms with Gasteiger partial charge in [0.1, 0.15) is 0 Å². The second kappa shape index (κ2) is 7.91. The third-order valence-corrected chi connectivity index (χ3v) is 5.23. The fourth-order valence-corrected chi connectivity index (χ4v) is 3.75. The molecule has 130 valence electrons. The number of nitrogens with zero attached hydrogens (tertiary/aromatic N) is 3. The Labute approximate surface area is 151 Å². The van der Waals surface area contributed by atoms with Gasteiger partial charge in [0.2, 0.25) is 11.7 Å². The number of hydrogen-bond acceptors (Lipinski definition) is 6. The maximum Gasteiger partial charge on any atom is 0.241 e. The third kappa shape index (κ3) is 4.34. The van der Waals surface area contributed by atoms with Crippen molar-refractivity contribution < 1.29 is 9.26 Å². The molecule has 1 saturated heterocycles. The van der Waals surface area contributed by atoms with E-state index in [0.29, 0.717) is 24.9 Å². The Morgan fingerprint density at radius 3 is 2.96 bits per heavy atom. The van der Waals surface area contributed by atoms with Crippen LogP contribution in [-0.2, 0) is 17.9 Å². The molecule has 1 fully saturated rings. The minimum atomic E-state index is 0.258. The van der Waals surface area contributed by atoms with Crippen molar-refractivity contribution in [3.8, 4) is 10.7 Å². The van der Waals surface area contributed by atoms with Gasteiger partial charge < -0.3 is 9.26 Å². The molecule has 0 aliphatic carbocycles. The van der Waals surface area contributed by atoms with E-state index >= 15 is 0 Å². The average Bonchev–Trinajstić information content (AvgIpc) is 3.33.